The van der Waals surface area contributed by atoms with Crippen LogP contribution in [0.4, 0.5) is 5.69 Å². The summed E-state index contributed by atoms with van der Waals surface area (Å²) in [6.07, 6.45) is 0.317. The summed E-state index contributed by atoms with van der Waals surface area (Å²) in [5, 5.41) is 6.86. The summed E-state index contributed by atoms with van der Waals surface area (Å²) in [6, 6.07) is 13.5. The van der Waals surface area contributed by atoms with Crippen molar-refractivity contribution in [2.75, 3.05) is 5.32 Å². The number of carbonyl (C=O) groups is 1. The Morgan fingerprint density at radius 3 is 2.41 bits per heavy atom. The van der Waals surface area contributed by atoms with Gasteiger partial charge in [0.25, 0.3) is 0 Å². The number of aryl methyl sites for hydroxylation is 4. The molecule has 0 saturated carbocycles. The van der Waals surface area contributed by atoms with Crippen LogP contribution in [0.3, 0.4) is 0 Å². The van der Waals surface area contributed by atoms with E-state index in [1.165, 1.54) is 5.56 Å². The van der Waals surface area contributed by atoms with Gasteiger partial charge in [0.2, 0.25) is 5.91 Å². The molecule has 0 aliphatic heterocycles. The molecular weight excluding hydrogens is 340 g/mol. The summed E-state index contributed by atoms with van der Waals surface area (Å²) in [7, 11) is 0. The molecule has 3 rings (SSSR count). The van der Waals surface area contributed by atoms with Crippen molar-refractivity contribution in [2.24, 2.45) is 0 Å². The van der Waals surface area contributed by atoms with E-state index < -0.39 is 0 Å². The minimum absolute atomic E-state index is 0.0392. The van der Waals surface area contributed by atoms with E-state index in [-0.39, 0.29) is 5.91 Å². The number of carbonyl (C=O) groups excluding carboxylic acids is 1. The van der Waals surface area contributed by atoms with Gasteiger partial charge >= 0.3 is 0 Å². The first-order chi connectivity index (χ1) is 12.9. The van der Waals surface area contributed by atoms with Crippen molar-refractivity contribution in [3.05, 3.63) is 76.2 Å². The van der Waals surface area contributed by atoms with Gasteiger partial charge in [0.15, 0.2) is 0 Å². The molecule has 0 atom stereocenters. The van der Waals surface area contributed by atoms with Crippen molar-refractivity contribution < 1.29 is 14.1 Å². The Labute approximate surface area is 159 Å². The van der Waals surface area contributed by atoms with Crippen LogP contribution in [-0.2, 0) is 17.8 Å². The lowest BCUT2D eigenvalue weighted by Gasteiger charge is -2.09. The molecule has 1 N–H and O–H groups in total. The van der Waals surface area contributed by atoms with Crippen molar-refractivity contribution in [1.82, 2.24) is 5.16 Å². The first-order valence-corrected chi connectivity index (χ1v) is 8.93. The lowest BCUT2D eigenvalue weighted by molar-refractivity contribution is -0.115. The summed E-state index contributed by atoms with van der Waals surface area (Å²) < 4.78 is 10.9. The Morgan fingerprint density at radius 2 is 1.78 bits per heavy atom. The number of hydrogen-bond acceptors (Lipinski definition) is 4. The molecule has 0 unspecified atom stereocenters. The molecule has 0 aliphatic rings. The maximum atomic E-state index is 12.3. The highest BCUT2D eigenvalue weighted by molar-refractivity contribution is 5.92. The minimum atomic E-state index is -0.0392. The smallest absolute Gasteiger partial charge is 0.228 e. The normalized spacial score (nSPS) is 10.7. The summed E-state index contributed by atoms with van der Waals surface area (Å²) in [5.74, 6) is 1.48. The van der Waals surface area contributed by atoms with Gasteiger partial charge < -0.3 is 14.6 Å². The Balaban J connectivity index is 1.55. The molecule has 2 aromatic carbocycles. The van der Waals surface area contributed by atoms with Crippen LogP contribution in [0.1, 0.15) is 33.7 Å². The highest BCUT2D eigenvalue weighted by atomic mass is 16.5. The van der Waals surface area contributed by atoms with Crippen LogP contribution in [0.15, 0.2) is 47.0 Å². The van der Waals surface area contributed by atoms with Crippen LogP contribution in [0.25, 0.3) is 0 Å². The SMILES string of the molecule is Cc1ccc(NC(=O)Cc2ccc(OCc3c(C)noc3C)cc2)cc1C. The van der Waals surface area contributed by atoms with Crippen LogP contribution >= 0.6 is 0 Å². The molecule has 1 heterocycles. The Hall–Kier alpha value is -3.08. The maximum absolute atomic E-state index is 12.3. The number of nitrogens with zero attached hydrogens (tertiary/aromatic N) is 1. The molecule has 0 radical (unpaired) electrons. The van der Waals surface area contributed by atoms with Gasteiger partial charge in [-0.25, -0.2) is 0 Å². The lowest BCUT2D eigenvalue weighted by Crippen LogP contribution is -2.14. The average Bonchev–Trinajstić information content (AvgIpc) is 2.96. The van der Waals surface area contributed by atoms with Crippen molar-refractivity contribution in [3.63, 3.8) is 0 Å². The maximum Gasteiger partial charge on any atom is 0.228 e. The second kappa shape index (κ2) is 8.08. The second-order valence-corrected chi connectivity index (χ2v) is 6.76. The fourth-order valence-corrected chi connectivity index (χ4v) is 2.78. The molecule has 5 nitrogen and oxygen atoms in total. The van der Waals surface area contributed by atoms with E-state index in [4.69, 9.17) is 9.26 Å². The van der Waals surface area contributed by atoms with Crippen molar-refractivity contribution in [1.29, 1.82) is 0 Å². The number of rotatable bonds is 6. The van der Waals surface area contributed by atoms with Crippen molar-refractivity contribution >= 4 is 11.6 Å². The molecule has 0 bridgehead atoms. The van der Waals surface area contributed by atoms with E-state index in [0.29, 0.717) is 13.0 Å². The second-order valence-electron chi connectivity index (χ2n) is 6.76. The molecule has 5 heteroatoms. The van der Waals surface area contributed by atoms with E-state index in [2.05, 4.69) is 17.4 Å². The van der Waals surface area contributed by atoms with E-state index in [0.717, 1.165) is 39.6 Å². The summed E-state index contributed by atoms with van der Waals surface area (Å²) in [5.41, 5.74) is 5.93. The van der Waals surface area contributed by atoms with Gasteiger partial charge in [-0.1, -0.05) is 23.4 Å². The Morgan fingerprint density at radius 1 is 1.04 bits per heavy atom. The number of benzene rings is 2. The average molecular weight is 364 g/mol. The largest absolute Gasteiger partial charge is 0.489 e. The molecule has 1 amide bonds. The Kier molecular flexibility index (Phi) is 5.60. The highest BCUT2D eigenvalue weighted by Crippen LogP contribution is 2.19. The van der Waals surface area contributed by atoms with Crippen LogP contribution in [0, 0.1) is 27.7 Å². The molecule has 0 saturated heterocycles. The summed E-state index contributed by atoms with van der Waals surface area (Å²) in [6.45, 7) is 8.26. The first-order valence-electron chi connectivity index (χ1n) is 8.93. The summed E-state index contributed by atoms with van der Waals surface area (Å²) in [4.78, 5) is 12.3. The minimum Gasteiger partial charge on any atom is -0.489 e. The van der Waals surface area contributed by atoms with Gasteiger partial charge in [0.05, 0.1) is 17.7 Å². The molecule has 0 aliphatic carbocycles. The van der Waals surface area contributed by atoms with Crippen LogP contribution in [0.2, 0.25) is 0 Å². The molecule has 3 aromatic rings. The van der Waals surface area contributed by atoms with Gasteiger partial charge in [0, 0.05) is 5.69 Å². The third kappa shape index (κ3) is 4.76. The predicted octanol–water partition coefficient (Wildman–Crippen LogP) is 4.67. The van der Waals surface area contributed by atoms with E-state index in [9.17, 15) is 4.79 Å². The number of aromatic nitrogens is 1. The number of anilines is 1. The molecule has 0 spiro atoms. The molecule has 27 heavy (non-hydrogen) atoms. The van der Waals surface area contributed by atoms with Gasteiger partial charge in [-0.05, 0) is 68.7 Å². The lowest BCUT2D eigenvalue weighted by atomic mass is 10.1. The fourth-order valence-electron chi connectivity index (χ4n) is 2.78. The van der Waals surface area contributed by atoms with Crippen molar-refractivity contribution in [3.8, 4) is 5.75 Å². The fraction of sp³-hybridized carbons (Fsp3) is 0.273. The molecule has 1 aromatic heterocycles. The third-order valence-electron chi connectivity index (χ3n) is 4.64. The number of ether oxygens (including phenoxy) is 1. The molecule has 140 valence electrons. The zero-order valence-electron chi connectivity index (χ0n) is 16.1. The zero-order valence-corrected chi connectivity index (χ0v) is 16.1. The number of nitrogens with one attached hydrogen (secondary N) is 1. The highest BCUT2D eigenvalue weighted by Gasteiger charge is 2.10. The number of hydrogen-bond donors (Lipinski definition) is 1. The van der Waals surface area contributed by atoms with Crippen molar-refractivity contribution in [2.45, 2.75) is 40.7 Å². The monoisotopic (exact) mass is 364 g/mol. The van der Waals surface area contributed by atoms with Gasteiger partial charge in [-0.15, -0.1) is 0 Å². The predicted molar refractivity (Wildman–Crippen MR) is 105 cm³/mol. The van der Waals surface area contributed by atoms with E-state index >= 15 is 0 Å². The molecular formula is C22H24N2O3. The standard InChI is InChI=1S/C22H24N2O3/c1-14-5-8-19(11-15(14)2)23-22(25)12-18-6-9-20(10-7-18)26-13-21-16(3)24-27-17(21)4/h5-11H,12-13H2,1-4H3,(H,23,25). The van der Waals surface area contributed by atoms with E-state index in [1.54, 1.807) is 0 Å². The molecule has 0 fully saturated rings. The van der Waals surface area contributed by atoms with Crippen LogP contribution < -0.4 is 10.1 Å². The third-order valence-corrected chi connectivity index (χ3v) is 4.64. The Bertz CT molecular complexity index is 923. The first kappa shape index (κ1) is 18.7. The van der Waals surface area contributed by atoms with Crippen LogP contribution in [0.5, 0.6) is 5.75 Å². The quantitative estimate of drug-likeness (QED) is 0.690. The number of amides is 1. The van der Waals surface area contributed by atoms with Gasteiger partial charge in [-0.3, -0.25) is 4.79 Å². The van der Waals surface area contributed by atoms with Gasteiger partial charge in [0.1, 0.15) is 18.1 Å². The van der Waals surface area contributed by atoms with E-state index in [1.807, 2.05) is 63.2 Å². The van der Waals surface area contributed by atoms with Gasteiger partial charge in [-0.2, -0.15) is 0 Å². The van der Waals surface area contributed by atoms with Crippen LogP contribution in [-0.4, -0.2) is 11.1 Å². The zero-order chi connectivity index (χ0) is 19.4. The topological polar surface area (TPSA) is 64.4 Å². The summed E-state index contributed by atoms with van der Waals surface area (Å²) >= 11 is 0.